The molecule has 1 aliphatic carbocycles. The van der Waals surface area contributed by atoms with E-state index in [9.17, 15) is 4.79 Å². The molecule has 23 heavy (non-hydrogen) atoms. The first-order valence-electron chi connectivity index (χ1n) is 7.52. The van der Waals surface area contributed by atoms with E-state index < -0.39 is 0 Å². The Morgan fingerprint density at radius 2 is 1.78 bits per heavy atom. The fourth-order valence-corrected chi connectivity index (χ4v) is 2.67. The van der Waals surface area contributed by atoms with E-state index in [0.717, 1.165) is 29.7 Å². The van der Waals surface area contributed by atoms with E-state index in [0.29, 0.717) is 5.02 Å². The van der Waals surface area contributed by atoms with E-state index in [-0.39, 0.29) is 11.4 Å². The second-order valence-corrected chi connectivity index (χ2v) is 6.12. The molecule has 2 aromatic rings. The fourth-order valence-electron chi connectivity index (χ4n) is 2.54. The average molecular weight is 328 g/mol. The maximum Gasteiger partial charge on any atom is 0.244 e. The quantitative estimate of drug-likeness (QED) is 0.837. The summed E-state index contributed by atoms with van der Waals surface area (Å²) in [5.74, 6) is 0.708. The van der Waals surface area contributed by atoms with Gasteiger partial charge in [0.2, 0.25) is 5.91 Å². The Morgan fingerprint density at radius 1 is 1.13 bits per heavy atom. The van der Waals surface area contributed by atoms with Crippen LogP contribution in [0.5, 0.6) is 5.75 Å². The van der Waals surface area contributed by atoms with Crippen molar-refractivity contribution < 1.29 is 9.53 Å². The summed E-state index contributed by atoms with van der Waals surface area (Å²) in [5.41, 5.74) is 1.83. The van der Waals surface area contributed by atoms with Gasteiger partial charge in [0, 0.05) is 11.1 Å². The largest absolute Gasteiger partial charge is 0.497 e. The summed E-state index contributed by atoms with van der Waals surface area (Å²) in [6.07, 6.45) is 5.28. The molecule has 0 aliphatic heterocycles. The van der Waals surface area contributed by atoms with Crippen molar-refractivity contribution in [2.45, 2.75) is 18.4 Å². The lowest BCUT2D eigenvalue weighted by Crippen LogP contribution is -2.33. The van der Waals surface area contributed by atoms with Gasteiger partial charge in [-0.25, -0.2) is 0 Å². The Labute approximate surface area is 140 Å². The summed E-state index contributed by atoms with van der Waals surface area (Å²) in [6.45, 7) is 0. The molecule has 1 fully saturated rings. The van der Waals surface area contributed by atoms with E-state index >= 15 is 0 Å². The van der Waals surface area contributed by atoms with Crippen LogP contribution in [0.15, 0.2) is 54.6 Å². The first kappa shape index (κ1) is 15.6. The van der Waals surface area contributed by atoms with E-state index in [2.05, 4.69) is 5.32 Å². The Bertz CT molecular complexity index is 716. The maximum atomic E-state index is 12.2. The van der Waals surface area contributed by atoms with Gasteiger partial charge in [-0.1, -0.05) is 35.9 Å². The van der Waals surface area contributed by atoms with Gasteiger partial charge in [0.25, 0.3) is 0 Å². The molecule has 3 rings (SSSR count). The molecule has 4 heteroatoms. The SMILES string of the molecule is COc1ccc(/C=C/C(=O)NC2(c3ccc(Cl)cc3)CC2)cc1. The average Bonchev–Trinajstić information content (AvgIpc) is 3.34. The maximum absolute atomic E-state index is 12.2. The highest BCUT2D eigenvalue weighted by atomic mass is 35.5. The first-order valence-corrected chi connectivity index (χ1v) is 7.89. The number of hydrogen-bond acceptors (Lipinski definition) is 2. The number of benzene rings is 2. The van der Waals surface area contributed by atoms with Crippen molar-refractivity contribution in [3.63, 3.8) is 0 Å². The predicted molar refractivity (Wildman–Crippen MR) is 92.5 cm³/mol. The molecule has 1 N–H and O–H groups in total. The molecule has 0 bridgehead atoms. The highest BCUT2D eigenvalue weighted by molar-refractivity contribution is 6.30. The van der Waals surface area contributed by atoms with Crippen LogP contribution in [-0.2, 0) is 10.3 Å². The number of amides is 1. The molecule has 2 aromatic carbocycles. The van der Waals surface area contributed by atoms with Crippen LogP contribution in [0.2, 0.25) is 5.02 Å². The summed E-state index contributed by atoms with van der Waals surface area (Å²) in [4.78, 5) is 12.2. The number of hydrogen-bond donors (Lipinski definition) is 1. The van der Waals surface area contributed by atoms with Crippen LogP contribution in [0.25, 0.3) is 6.08 Å². The van der Waals surface area contributed by atoms with Crippen molar-refractivity contribution in [3.8, 4) is 5.75 Å². The summed E-state index contributed by atoms with van der Waals surface area (Å²) >= 11 is 5.92. The van der Waals surface area contributed by atoms with Gasteiger partial charge < -0.3 is 10.1 Å². The molecule has 0 atom stereocenters. The van der Waals surface area contributed by atoms with Crippen LogP contribution in [0.3, 0.4) is 0 Å². The summed E-state index contributed by atoms with van der Waals surface area (Å²) in [5, 5.41) is 3.81. The zero-order chi connectivity index (χ0) is 16.3. The van der Waals surface area contributed by atoms with Gasteiger partial charge >= 0.3 is 0 Å². The highest BCUT2D eigenvalue weighted by Gasteiger charge is 2.45. The number of methoxy groups -OCH3 is 1. The van der Waals surface area contributed by atoms with Crippen LogP contribution < -0.4 is 10.1 Å². The second-order valence-electron chi connectivity index (χ2n) is 5.68. The first-order chi connectivity index (χ1) is 11.1. The number of carbonyl (C=O) groups excluding carboxylic acids is 1. The van der Waals surface area contributed by atoms with Crippen molar-refractivity contribution in [1.29, 1.82) is 0 Å². The molecule has 118 valence electrons. The number of rotatable bonds is 5. The fraction of sp³-hybridized carbons (Fsp3) is 0.211. The molecular weight excluding hydrogens is 310 g/mol. The minimum atomic E-state index is -0.230. The number of ether oxygens (including phenoxy) is 1. The molecule has 1 aliphatic rings. The van der Waals surface area contributed by atoms with Gasteiger partial charge in [0.1, 0.15) is 5.75 Å². The lowest BCUT2D eigenvalue weighted by molar-refractivity contribution is -0.117. The van der Waals surface area contributed by atoms with E-state index in [1.165, 1.54) is 0 Å². The van der Waals surface area contributed by atoms with Gasteiger partial charge in [-0.15, -0.1) is 0 Å². The third-order valence-corrected chi connectivity index (χ3v) is 4.30. The number of halogens is 1. The second kappa shape index (κ2) is 6.47. The zero-order valence-electron chi connectivity index (χ0n) is 12.9. The number of carbonyl (C=O) groups is 1. The van der Waals surface area contributed by atoms with Crippen LogP contribution in [-0.4, -0.2) is 13.0 Å². The molecule has 1 amide bonds. The van der Waals surface area contributed by atoms with Crippen LogP contribution >= 0.6 is 11.6 Å². The van der Waals surface area contributed by atoms with Crippen molar-refractivity contribution >= 4 is 23.6 Å². The molecule has 3 nitrogen and oxygen atoms in total. The van der Waals surface area contributed by atoms with Gasteiger partial charge in [-0.05, 0) is 54.3 Å². The Hall–Kier alpha value is -2.26. The molecular formula is C19H18ClNO2. The Kier molecular flexibility index (Phi) is 4.39. The molecule has 0 saturated heterocycles. The van der Waals surface area contributed by atoms with E-state index in [1.807, 2.05) is 48.5 Å². The molecule has 0 unspecified atom stereocenters. The Morgan fingerprint density at radius 3 is 2.35 bits per heavy atom. The van der Waals surface area contributed by atoms with Crippen LogP contribution in [0.4, 0.5) is 0 Å². The van der Waals surface area contributed by atoms with Gasteiger partial charge in [-0.3, -0.25) is 4.79 Å². The number of nitrogens with one attached hydrogen (secondary N) is 1. The molecule has 0 aromatic heterocycles. The van der Waals surface area contributed by atoms with Gasteiger partial charge in [0.15, 0.2) is 0 Å². The van der Waals surface area contributed by atoms with E-state index in [1.54, 1.807) is 19.3 Å². The van der Waals surface area contributed by atoms with Crippen molar-refractivity contribution in [3.05, 3.63) is 70.8 Å². The molecule has 0 spiro atoms. The summed E-state index contributed by atoms with van der Waals surface area (Å²) < 4.78 is 5.11. The summed E-state index contributed by atoms with van der Waals surface area (Å²) in [6, 6.07) is 15.2. The zero-order valence-corrected chi connectivity index (χ0v) is 13.6. The van der Waals surface area contributed by atoms with Crippen LogP contribution in [0, 0.1) is 0 Å². The summed E-state index contributed by atoms with van der Waals surface area (Å²) in [7, 11) is 1.63. The normalized spacial score (nSPS) is 15.4. The predicted octanol–water partition coefficient (Wildman–Crippen LogP) is 4.17. The van der Waals surface area contributed by atoms with Crippen LogP contribution in [0.1, 0.15) is 24.0 Å². The minimum Gasteiger partial charge on any atom is -0.497 e. The lowest BCUT2D eigenvalue weighted by Gasteiger charge is -2.16. The highest BCUT2D eigenvalue weighted by Crippen LogP contribution is 2.45. The van der Waals surface area contributed by atoms with Crippen molar-refractivity contribution in [2.24, 2.45) is 0 Å². The monoisotopic (exact) mass is 327 g/mol. The molecule has 1 saturated carbocycles. The van der Waals surface area contributed by atoms with Crippen molar-refractivity contribution in [1.82, 2.24) is 5.32 Å². The van der Waals surface area contributed by atoms with Gasteiger partial charge in [-0.2, -0.15) is 0 Å². The minimum absolute atomic E-state index is 0.0896. The van der Waals surface area contributed by atoms with Crippen molar-refractivity contribution in [2.75, 3.05) is 7.11 Å². The molecule has 0 radical (unpaired) electrons. The molecule has 0 heterocycles. The third kappa shape index (κ3) is 3.74. The lowest BCUT2D eigenvalue weighted by atomic mass is 10.0. The topological polar surface area (TPSA) is 38.3 Å². The third-order valence-electron chi connectivity index (χ3n) is 4.05. The van der Waals surface area contributed by atoms with E-state index in [4.69, 9.17) is 16.3 Å². The standard InChI is InChI=1S/C19H18ClNO2/c1-23-17-9-2-14(3-10-17)4-11-18(22)21-19(12-13-19)15-5-7-16(20)8-6-15/h2-11H,12-13H2,1H3,(H,21,22)/b11-4+. The van der Waals surface area contributed by atoms with Gasteiger partial charge in [0.05, 0.1) is 12.6 Å². The Balaban J connectivity index is 1.64. The smallest absolute Gasteiger partial charge is 0.244 e.